The molecule has 0 radical (unpaired) electrons. The van der Waals surface area contributed by atoms with Gasteiger partial charge in [0.25, 0.3) is 0 Å². The molecule has 1 aliphatic rings. The SMILES string of the molecule is CCNC(Cc1sccc1Br)C1CN(C)CCN1C. The average molecular weight is 346 g/mol. The van der Waals surface area contributed by atoms with Gasteiger partial charge in [0.15, 0.2) is 0 Å². The number of thiophene rings is 1. The fourth-order valence-corrected chi connectivity index (χ4v) is 4.33. The molecule has 1 aromatic rings. The Morgan fingerprint density at radius 1 is 1.47 bits per heavy atom. The Hall–Kier alpha value is 0.0600. The second-order valence-corrected chi connectivity index (χ2v) is 7.23. The Balaban J connectivity index is 2.08. The van der Waals surface area contributed by atoms with Crippen molar-refractivity contribution >= 4 is 27.3 Å². The van der Waals surface area contributed by atoms with Gasteiger partial charge in [-0.2, -0.15) is 0 Å². The zero-order valence-corrected chi connectivity index (χ0v) is 14.4. The number of nitrogens with one attached hydrogen (secondary N) is 1. The number of rotatable bonds is 5. The lowest BCUT2D eigenvalue weighted by atomic mass is 10.00. The van der Waals surface area contributed by atoms with Crippen LogP contribution >= 0.6 is 27.3 Å². The molecule has 2 heterocycles. The largest absolute Gasteiger partial charge is 0.312 e. The number of piperazine rings is 1. The maximum Gasteiger partial charge on any atom is 0.0377 e. The molecule has 1 aliphatic heterocycles. The van der Waals surface area contributed by atoms with Crippen LogP contribution in [0.4, 0.5) is 0 Å². The highest BCUT2D eigenvalue weighted by molar-refractivity contribution is 9.10. The lowest BCUT2D eigenvalue weighted by molar-refractivity contribution is 0.0882. The highest BCUT2D eigenvalue weighted by atomic mass is 79.9. The summed E-state index contributed by atoms with van der Waals surface area (Å²) in [4.78, 5) is 6.40. The molecule has 2 atom stereocenters. The van der Waals surface area contributed by atoms with Gasteiger partial charge >= 0.3 is 0 Å². The molecule has 1 N–H and O–H groups in total. The maximum atomic E-state index is 3.69. The van der Waals surface area contributed by atoms with E-state index in [1.165, 1.54) is 15.9 Å². The van der Waals surface area contributed by atoms with E-state index in [4.69, 9.17) is 0 Å². The Bertz CT molecular complexity index is 396. The van der Waals surface area contributed by atoms with Gasteiger partial charge < -0.3 is 10.2 Å². The maximum absolute atomic E-state index is 3.69. The van der Waals surface area contributed by atoms with Crippen LogP contribution in [0, 0.1) is 0 Å². The fourth-order valence-electron chi connectivity index (χ4n) is 2.76. The Morgan fingerprint density at radius 2 is 2.26 bits per heavy atom. The van der Waals surface area contributed by atoms with Crippen molar-refractivity contribution < 1.29 is 0 Å². The molecule has 0 spiro atoms. The van der Waals surface area contributed by atoms with Gasteiger partial charge in [0.2, 0.25) is 0 Å². The molecule has 1 fully saturated rings. The van der Waals surface area contributed by atoms with Crippen LogP contribution in [0.1, 0.15) is 11.8 Å². The molecule has 1 saturated heterocycles. The monoisotopic (exact) mass is 345 g/mol. The third kappa shape index (κ3) is 4.02. The molecule has 0 aliphatic carbocycles. The summed E-state index contributed by atoms with van der Waals surface area (Å²) in [6.45, 7) is 6.71. The van der Waals surface area contributed by atoms with Crippen molar-refractivity contribution in [3.8, 4) is 0 Å². The van der Waals surface area contributed by atoms with E-state index in [-0.39, 0.29) is 0 Å². The number of hydrogen-bond acceptors (Lipinski definition) is 4. The molecule has 0 saturated carbocycles. The highest BCUT2D eigenvalue weighted by Gasteiger charge is 2.29. The summed E-state index contributed by atoms with van der Waals surface area (Å²) in [5.41, 5.74) is 0. The molecule has 2 unspecified atom stereocenters. The second kappa shape index (κ2) is 7.18. The van der Waals surface area contributed by atoms with Crippen molar-refractivity contribution in [2.24, 2.45) is 0 Å². The molecule has 0 bridgehead atoms. The van der Waals surface area contributed by atoms with Crippen LogP contribution in [0.25, 0.3) is 0 Å². The molecule has 19 heavy (non-hydrogen) atoms. The quantitative estimate of drug-likeness (QED) is 0.883. The summed E-state index contributed by atoms with van der Waals surface area (Å²) in [5, 5.41) is 5.85. The molecular weight excluding hydrogens is 322 g/mol. The molecule has 108 valence electrons. The first-order chi connectivity index (χ1) is 9.11. The van der Waals surface area contributed by atoms with Crippen LogP contribution in [0.15, 0.2) is 15.9 Å². The lowest BCUT2D eigenvalue weighted by Gasteiger charge is -2.42. The zero-order valence-electron chi connectivity index (χ0n) is 12.0. The van der Waals surface area contributed by atoms with Gasteiger partial charge in [-0.15, -0.1) is 11.3 Å². The Morgan fingerprint density at radius 3 is 2.89 bits per heavy atom. The standard InChI is InChI=1S/C14H24BrN3S/c1-4-16-12(9-14-11(15)5-8-19-14)13-10-17(2)6-7-18(13)3/h5,8,12-13,16H,4,6-7,9-10H2,1-3H3. The minimum absolute atomic E-state index is 0.521. The number of nitrogens with zero attached hydrogens (tertiary/aromatic N) is 2. The van der Waals surface area contributed by atoms with Crippen LogP contribution in [-0.2, 0) is 6.42 Å². The summed E-state index contributed by atoms with van der Waals surface area (Å²) in [5.74, 6) is 0. The smallest absolute Gasteiger partial charge is 0.0377 e. The van der Waals surface area contributed by atoms with Gasteiger partial charge in [0, 0.05) is 41.1 Å². The molecule has 3 nitrogen and oxygen atoms in total. The number of likely N-dealkylation sites (N-methyl/N-ethyl adjacent to an activating group) is 3. The Labute approximate surface area is 129 Å². The summed E-state index contributed by atoms with van der Waals surface area (Å²) >= 11 is 5.51. The van der Waals surface area contributed by atoms with Gasteiger partial charge in [-0.25, -0.2) is 0 Å². The van der Waals surface area contributed by atoms with Gasteiger partial charge in [-0.05, 0) is 54.4 Å². The summed E-state index contributed by atoms with van der Waals surface area (Å²) in [7, 11) is 4.48. The molecule has 2 rings (SSSR count). The van der Waals surface area contributed by atoms with Gasteiger partial charge in [0.1, 0.15) is 0 Å². The van der Waals surface area contributed by atoms with E-state index < -0.39 is 0 Å². The average Bonchev–Trinajstić information content (AvgIpc) is 2.78. The van der Waals surface area contributed by atoms with Crippen molar-refractivity contribution in [3.63, 3.8) is 0 Å². The number of hydrogen-bond donors (Lipinski definition) is 1. The summed E-state index contributed by atoms with van der Waals surface area (Å²) in [6.07, 6.45) is 1.11. The van der Waals surface area contributed by atoms with Crippen molar-refractivity contribution in [2.75, 3.05) is 40.3 Å². The van der Waals surface area contributed by atoms with Crippen molar-refractivity contribution in [2.45, 2.75) is 25.4 Å². The summed E-state index contributed by atoms with van der Waals surface area (Å²) in [6, 6.07) is 3.26. The van der Waals surface area contributed by atoms with Crippen LogP contribution < -0.4 is 5.32 Å². The fraction of sp³-hybridized carbons (Fsp3) is 0.714. The topological polar surface area (TPSA) is 18.5 Å². The van der Waals surface area contributed by atoms with E-state index in [1.54, 1.807) is 0 Å². The normalized spacial score (nSPS) is 23.7. The van der Waals surface area contributed by atoms with Crippen LogP contribution in [-0.4, -0.2) is 62.2 Å². The second-order valence-electron chi connectivity index (χ2n) is 5.37. The van der Waals surface area contributed by atoms with Crippen molar-refractivity contribution in [1.82, 2.24) is 15.1 Å². The third-order valence-corrected chi connectivity index (χ3v) is 5.88. The van der Waals surface area contributed by atoms with E-state index >= 15 is 0 Å². The predicted octanol–water partition coefficient (Wildman–Crippen LogP) is 2.28. The predicted molar refractivity (Wildman–Crippen MR) is 87.1 cm³/mol. The van der Waals surface area contributed by atoms with E-state index in [2.05, 4.69) is 63.5 Å². The van der Waals surface area contributed by atoms with Crippen molar-refractivity contribution in [3.05, 3.63) is 20.8 Å². The molecule has 5 heteroatoms. The van der Waals surface area contributed by atoms with E-state index in [0.29, 0.717) is 12.1 Å². The van der Waals surface area contributed by atoms with E-state index in [1.807, 2.05) is 11.3 Å². The zero-order chi connectivity index (χ0) is 13.8. The van der Waals surface area contributed by atoms with Gasteiger partial charge in [0.05, 0.1) is 0 Å². The van der Waals surface area contributed by atoms with Crippen LogP contribution in [0.3, 0.4) is 0 Å². The van der Waals surface area contributed by atoms with Gasteiger partial charge in [-0.1, -0.05) is 6.92 Å². The summed E-state index contributed by atoms with van der Waals surface area (Å²) < 4.78 is 1.26. The highest BCUT2D eigenvalue weighted by Crippen LogP contribution is 2.25. The first-order valence-corrected chi connectivity index (χ1v) is 8.63. The minimum atomic E-state index is 0.521. The van der Waals surface area contributed by atoms with Crippen LogP contribution in [0.2, 0.25) is 0 Å². The number of halogens is 1. The minimum Gasteiger partial charge on any atom is -0.312 e. The molecule has 0 amide bonds. The Kier molecular flexibility index (Phi) is 5.84. The molecule has 1 aromatic heterocycles. The van der Waals surface area contributed by atoms with Crippen LogP contribution in [0.5, 0.6) is 0 Å². The van der Waals surface area contributed by atoms with E-state index in [0.717, 1.165) is 26.1 Å². The first-order valence-electron chi connectivity index (χ1n) is 6.95. The van der Waals surface area contributed by atoms with E-state index in [9.17, 15) is 0 Å². The molecular formula is C14H24BrN3S. The molecule has 0 aromatic carbocycles. The van der Waals surface area contributed by atoms with Gasteiger partial charge in [-0.3, -0.25) is 4.90 Å². The van der Waals surface area contributed by atoms with Crippen molar-refractivity contribution in [1.29, 1.82) is 0 Å². The first kappa shape index (κ1) is 15.4. The lowest BCUT2D eigenvalue weighted by Crippen LogP contribution is -2.59. The third-order valence-electron chi connectivity index (χ3n) is 3.93.